The van der Waals surface area contributed by atoms with Crippen LogP contribution in [0.1, 0.15) is 6.42 Å². The van der Waals surface area contributed by atoms with E-state index < -0.39 is 10.0 Å². The van der Waals surface area contributed by atoms with Crippen LogP contribution >= 0.6 is 15.9 Å². The van der Waals surface area contributed by atoms with Crippen LogP contribution in [0.4, 0.5) is 5.69 Å². The number of halogens is 1. The molecule has 118 valence electrons. The Morgan fingerprint density at radius 3 is 2.71 bits per heavy atom. The number of carbonyl (C=O) groups excluding carboxylic acids is 1. The van der Waals surface area contributed by atoms with Crippen molar-refractivity contribution in [2.75, 3.05) is 32.5 Å². The number of anilines is 1. The van der Waals surface area contributed by atoms with E-state index in [1.807, 2.05) is 0 Å². The van der Waals surface area contributed by atoms with Crippen LogP contribution in [0.25, 0.3) is 0 Å². The van der Waals surface area contributed by atoms with Gasteiger partial charge in [-0.15, -0.1) is 0 Å². The number of hydrogen-bond acceptors (Lipinski definition) is 5. The number of nitrogens with two attached hydrogens (primary N) is 1. The van der Waals surface area contributed by atoms with Gasteiger partial charge in [0.1, 0.15) is 0 Å². The third-order valence-corrected chi connectivity index (χ3v) is 4.96. The van der Waals surface area contributed by atoms with Gasteiger partial charge in [0, 0.05) is 36.8 Å². The van der Waals surface area contributed by atoms with Crippen molar-refractivity contribution in [2.45, 2.75) is 11.3 Å². The highest BCUT2D eigenvalue weighted by atomic mass is 79.9. The van der Waals surface area contributed by atoms with Crippen LogP contribution in [0, 0.1) is 0 Å². The van der Waals surface area contributed by atoms with Crippen LogP contribution in [-0.2, 0) is 19.6 Å². The molecule has 0 fully saturated rings. The lowest BCUT2D eigenvalue weighted by Crippen LogP contribution is -2.32. The summed E-state index contributed by atoms with van der Waals surface area (Å²) in [5, 5.41) is 2.60. The molecule has 0 radical (unpaired) electrons. The molecule has 9 heteroatoms. The number of ether oxygens (including phenoxy) is 1. The maximum absolute atomic E-state index is 12.1. The fourth-order valence-electron chi connectivity index (χ4n) is 1.49. The molecule has 1 amide bonds. The van der Waals surface area contributed by atoms with E-state index in [0.717, 1.165) is 0 Å². The van der Waals surface area contributed by atoms with E-state index in [4.69, 9.17) is 10.5 Å². The molecule has 0 saturated heterocycles. The van der Waals surface area contributed by atoms with E-state index in [1.165, 1.54) is 25.3 Å². The molecule has 0 aliphatic heterocycles. The van der Waals surface area contributed by atoms with Gasteiger partial charge in [0.2, 0.25) is 15.9 Å². The van der Waals surface area contributed by atoms with Crippen molar-refractivity contribution in [1.82, 2.24) is 10.0 Å². The summed E-state index contributed by atoms with van der Waals surface area (Å²) in [4.78, 5) is 11.5. The third kappa shape index (κ3) is 6.00. The molecule has 0 aliphatic carbocycles. The van der Waals surface area contributed by atoms with Crippen LogP contribution in [0.15, 0.2) is 27.6 Å². The van der Waals surface area contributed by atoms with Crippen molar-refractivity contribution < 1.29 is 17.9 Å². The fraction of sp³-hybridized carbons (Fsp3) is 0.417. The molecule has 0 bridgehead atoms. The number of methoxy groups -OCH3 is 1. The van der Waals surface area contributed by atoms with E-state index >= 15 is 0 Å². The van der Waals surface area contributed by atoms with Gasteiger partial charge < -0.3 is 15.8 Å². The molecule has 0 saturated carbocycles. The van der Waals surface area contributed by atoms with Gasteiger partial charge in [0.25, 0.3) is 0 Å². The number of nitrogen functional groups attached to an aromatic ring is 1. The number of nitrogens with one attached hydrogen (secondary N) is 2. The van der Waals surface area contributed by atoms with Crippen LogP contribution in [0.2, 0.25) is 0 Å². The standard InChI is InChI=1S/C12H18BrN3O4S/c1-20-7-6-15-12(17)4-5-16-21(18,19)11-3-2-9(14)8-10(11)13/h2-3,8,16H,4-7,14H2,1H3,(H,15,17). The molecule has 0 aromatic heterocycles. The molecular weight excluding hydrogens is 362 g/mol. The van der Waals surface area contributed by atoms with Crippen molar-refractivity contribution in [3.63, 3.8) is 0 Å². The molecule has 0 heterocycles. The van der Waals surface area contributed by atoms with Gasteiger partial charge in [-0.05, 0) is 34.1 Å². The Morgan fingerprint density at radius 1 is 1.38 bits per heavy atom. The van der Waals surface area contributed by atoms with Gasteiger partial charge >= 0.3 is 0 Å². The largest absolute Gasteiger partial charge is 0.399 e. The van der Waals surface area contributed by atoms with E-state index in [2.05, 4.69) is 26.0 Å². The molecule has 0 aliphatic rings. The number of benzene rings is 1. The lowest BCUT2D eigenvalue weighted by Gasteiger charge is -2.09. The minimum atomic E-state index is -3.69. The smallest absolute Gasteiger partial charge is 0.241 e. The summed E-state index contributed by atoms with van der Waals surface area (Å²) in [6.07, 6.45) is 0.0511. The lowest BCUT2D eigenvalue weighted by atomic mass is 10.3. The molecule has 1 aromatic carbocycles. The molecule has 0 spiro atoms. The molecule has 4 N–H and O–H groups in total. The first-order valence-electron chi connectivity index (χ1n) is 6.17. The monoisotopic (exact) mass is 379 g/mol. The Hall–Kier alpha value is -1.16. The summed E-state index contributed by atoms with van der Waals surface area (Å²) in [7, 11) is -2.15. The van der Waals surface area contributed by atoms with Crippen molar-refractivity contribution >= 4 is 37.5 Å². The van der Waals surface area contributed by atoms with Gasteiger partial charge in [-0.25, -0.2) is 13.1 Å². The normalized spacial score (nSPS) is 11.3. The average molecular weight is 380 g/mol. The predicted molar refractivity (Wildman–Crippen MR) is 83.2 cm³/mol. The number of sulfonamides is 1. The second-order valence-electron chi connectivity index (χ2n) is 4.18. The van der Waals surface area contributed by atoms with Gasteiger partial charge in [-0.3, -0.25) is 4.79 Å². The molecular formula is C12H18BrN3O4S. The van der Waals surface area contributed by atoms with E-state index in [-0.39, 0.29) is 23.8 Å². The van der Waals surface area contributed by atoms with Crippen molar-refractivity contribution in [1.29, 1.82) is 0 Å². The highest BCUT2D eigenvalue weighted by molar-refractivity contribution is 9.10. The van der Waals surface area contributed by atoms with Crippen LogP contribution in [0.5, 0.6) is 0 Å². The molecule has 7 nitrogen and oxygen atoms in total. The van der Waals surface area contributed by atoms with Crippen molar-refractivity contribution in [2.24, 2.45) is 0 Å². The molecule has 0 unspecified atom stereocenters. The number of rotatable bonds is 8. The summed E-state index contributed by atoms with van der Waals surface area (Å²) in [6, 6.07) is 4.41. The Bertz CT molecular complexity index is 592. The summed E-state index contributed by atoms with van der Waals surface area (Å²) >= 11 is 3.15. The Labute approximate surface area is 132 Å². The topological polar surface area (TPSA) is 111 Å². The zero-order valence-corrected chi connectivity index (χ0v) is 14.0. The summed E-state index contributed by atoms with van der Waals surface area (Å²) in [6.45, 7) is 0.819. The lowest BCUT2D eigenvalue weighted by molar-refractivity contribution is -0.121. The Kier molecular flexibility index (Phi) is 7.09. The maximum Gasteiger partial charge on any atom is 0.241 e. The van der Waals surface area contributed by atoms with Crippen LogP contribution < -0.4 is 15.8 Å². The summed E-state index contributed by atoms with van der Waals surface area (Å²) < 4.78 is 31.7. The second kappa shape index (κ2) is 8.32. The first-order valence-corrected chi connectivity index (χ1v) is 8.45. The number of carbonyl (C=O) groups is 1. The summed E-state index contributed by atoms with van der Waals surface area (Å²) in [5.74, 6) is -0.244. The van der Waals surface area contributed by atoms with E-state index in [0.29, 0.717) is 23.3 Å². The SMILES string of the molecule is COCCNC(=O)CCNS(=O)(=O)c1ccc(N)cc1Br. The zero-order valence-electron chi connectivity index (χ0n) is 11.6. The third-order valence-electron chi connectivity index (χ3n) is 2.52. The van der Waals surface area contributed by atoms with Gasteiger partial charge in [0.15, 0.2) is 0 Å². The fourth-order valence-corrected chi connectivity index (χ4v) is 3.62. The Balaban J connectivity index is 2.52. The van der Waals surface area contributed by atoms with Gasteiger partial charge in [0.05, 0.1) is 11.5 Å². The minimum Gasteiger partial charge on any atom is -0.399 e. The van der Waals surface area contributed by atoms with Crippen LogP contribution in [0.3, 0.4) is 0 Å². The molecule has 21 heavy (non-hydrogen) atoms. The van der Waals surface area contributed by atoms with Crippen LogP contribution in [-0.4, -0.2) is 41.1 Å². The first kappa shape index (κ1) is 17.9. The van der Waals surface area contributed by atoms with E-state index in [9.17, 15) is 13.2 Å². The van der Waals surface area contributed by atoms with Gasteiger partial charge in [-0.2, -0.15) is 0 Å². The van der Waals surface area contributed by atoms with Crippen molar-refractivity contribution in [3.05, 3.63) is 22.7 Å². The highest BCUT2D eigenvalue weighted by Crippen LogP contribution is 2.23. The maximum atomic E-state index is 12.1. The zero-order chi connectivity index (χ0) is 15.9. The first-order chi connectivity index (χ1) is 9.86. The summed E-state index contributed by atoms with van der Waals surface area (Å²) in [5.41, 5.74) is 6.02. The quantitative estimate of drug-likeness (QED) is 0.448. The molecule has 1 aromatic rings. The average Bonchev–Trinajstić information content (AvgIpc) is 2.38. The number of amides is 1. The van der Waals surface area contributed by atoms with Crippen molar-refractivity contribution in [3.8, 4) is 0 Å². The molecule has 1 rings (SSSR count). The highest BCUT2D eigenvalue weighted by Gasteiger charge is 2.17. The Morgan fingerprint density at radius 2 is 2.10 bits per heavy atom. The number of hydrogen-bond donors (Lipinski definition) is 3. The minimum absolute atomic E-state index is 0.0119. The predicted octanol–water partition coefficient (Wildman–Crippen LogP) is 0.462. The molecule has 0 atom stereocenters. The van der Waals surface area contributed by atoms with Gasteiger partial charge in [-0.1, -0.05) is 0 Å². The van der Waals surface area contributed by atoms with E-state index in [1.54, 1.807) is 0 Å². The second-order valence-corrected chi connectivity index (χ2v) is 6.77.